The van der Waals surface area contributed by atoms with Crippen LogP contribution in [0.3, 0.4) is 0 Å². The van der Waals surface area contributed by atoms with E-state index in [1.807, 2.05) is 42.5 Å². The van der Waals surface area contributed by atoms with Gasteiger partial charge in [0.25, 0.3) is 0 Å². The van der Waals surface area contributed by atoms with Crippen molar-refractivity contribution in [3.63, 3.8) is 0 Å². The summed E-state index contributed by atoms with van der Waals surface area (Å²) in [5.41, 5.74) is 0.931. The molecule has 0 saturated heterocycles. The molecule has 0 aliphatic carbocycles. The van der Waals surface area contributed by atoms with Crippen molar-refractivity contribution in [2.24, 2.45) is 5.92 Å². The fraction of sp³-hybridized carbons (Fsp3) is 0.316. The molecule has 6 heteroatoms. The van der Waals surface area contributed by atoms with E-state index in [0.29, 0.717) is 6.42 Å². The number of nitrogens with zero attached hydrogens (tertiary/aromatic N) is 1. The molecule has 0 radical (unpaired) electrons. The highest BCUT2D eigenvalue weighted by molar-refractivity contribution is 5.86. The Morgan fingerprint density at radius 1 is 1.12 bits per heavy atom. The van der Waals surface area contributed by atoms with E-state index >= 15 is 0 Å². The maximum absolute atomic E-state index is 11.9. The Bertz CT molecular complexity index is 783. The number of carbonyl (C=O) groups excluding carboxylic acids is 2. The molecule has 2 aromatic rings. The lowest BCUT2D eigenvalue weighted by molar-refractivity contribution is -0.142. The Morgan fingerprint density at radius 3 is 2.48 bits per heavy atom. The molecule has 25 heavy (non-hydrogen) atoms. The van der Waals surface area contributed by atoms with Crippen LogP contribution in [0.15, 0.2) is 42.5 Å². The molecule has 2 N–H and O–H groups in total. The lowest BCUT2D eigenvalue weighted by Gasteiger charge is -2.17. The molecule has 2 amide bonds. The minimum Gasteiger partial charge on any atom is -0.481 e. The van der Waals surface area contributed by atoms with Gasteiger partial charge in [0.05, 0.1) is 12.5 Å². The zero-order valence-corrected chi connectivity index (χ0v) is 14.4. The van der Waals surface area contributed by atoms with Gasteiger partial charge in [-0.15, -0.1) is 0 Å². The highest BCUT2D eigenvalue weighted by Gasteiger charge is 2.20. The highest BCUT2D eigenvalue weighted by atomic mass is 16.4. The number of aliphatic carboxylic acids is 1. The van der Waals surface area contributed by atoms with E-state index in [2.05, 4.69) is 5.32 Å². The molecule has 0 aliphatic heterocycles. The lowest BCUT2D eigenvalue weighted by atomic mass is 9.95. The normalized spacial score (nSPS) is 11.8. The topological polar surface area (TPSA) is 86.7 Å². The van der Waals surface area contributed by atoms with Crippen LogP contribution in [0.2, 0.25) is 0 Å². The van der Waals surface area contributed by atoms with E-state index in [-0.39, 0.29) is 24.9 Å². The second kappa shape index (κ2) is 8.28. The summed E-state index contributed by atoms with van der Waals surface area (Å²) in [6.45, 7) is 1.30. The van der Waals surface area contributed by atoms with Crippen molar-refractivity contribution in [3.05, 3.63) is 48.0 Å². The number of hydrogen-bond acceptors (Lipinski definition) is 3. The van der Waals surface area contributed by atoms with E-state index in [1.165, 1.54) is 18.9 Å². The predicted molar refractivity (Wildman–Crippen MR) is 95.1 cm³/mol. The Morgan fingerprint density at radius 2 is 1.80 bits per heavy atom. The van der Waals surface area contributed by atoms with Gasteiger partial charge in [-0.25, -0.2) is 0 Å². The van der Waals surface area contributed by atoms with Crippen LogP contribution in [-0.4, -0.2) is 47.9 Å². The summed E-state index contributed by atoms with van der Waals surface area (Å²) in [7, 11) is 1.52. The van der Waals surface area contributed by atoms with E-state index in [1.54, 1.807) is 0 Å². The van der Waals surface area contributed by atoms with Crippen molar-refractivity contribution < 1.29 is 19.5 Å². The third kappa shape index (κ3) is 5.04. The lowest BCUT2D eigenvalue weighted by Crippen LogP contribution is -2.40. The molecule has 0 fully saturated rings. The van der Waals surface area contributed by atoms with Crippen LogP contribution < -0.4 is 5.32 Å². The Balaban J connectivity index is 2.05. The molecule has 0 aliphatic rings. The molecule has 1 atom stereocenters. The minimum absolute atomic E-state index is 0.0170. The quantitative estimate of drug-likeness (QED) is 0.801. The molecule has 0 aromatic heterocycles. The van der Waals surface area contributed by atoms with Gasteiger partial charge in [0.2, 0.25) is 11.8 Å². The van der Waals surface area contributed by atoms with Crippen LogP contribution in [0.4, 0.5) is 0 Å². The molecule has 6 nitrogen and oxygen atoms in total. The first-order chi connectivity index (χ1) is 11.9. The summed E-state index contributed by atoms with van der Waals surface area (Å²) in [5.74, 6) is -2.30. The Hall–Kier alpha value is -2.89. The second-order valence-corrected chi connectivity index (χ2v) is 6.06. The van der Waals surface area contributed by atoms with Gasteiger partial charge in [-0.2, -0.15) is 0 Å². The third-order valence-corrected chi connectivity index (χ3v) is 4.16. The van der Waals surface area contributed by atoms with Gasteiger partial charge in [0.1, 0.15) is 0 Å². The number of likely N-dealkylation sites (N-methyl/N-ethyl adjacent to an activating group) is 1. The maximum atomic E-state index is 11.9. The molecule has 2 aromatic carbocycles. The first kappa shape index (κ1) is 18.4. The molecular formula is C19H22N2O4. The van der Waals surface area contributed by atoms with Crippen LogP contribution in [0.5, 0.6) is 0 Å². The number of hydrogen-bond donors (Lipinski definition) is 2. The van der Waals surface area contributed by atoms with Crippen molar-refractivity contribution >= 4 is 28.6 Å². The number of benzene rings is 2. The molecular weight excluding hydrogens is 320 g/mol. The van der Waals surface area contributed by atoms with E-state index < -0.39 is 11.9 Å². The number of carbonyl (C=O) groups is 3. The maximum Gasteiger partial charge on any atom is 0.308 e. The molecule has 132 valence electrons. The van der Waals surface area contributed by atoms with Crippen molar-refractivity contribution in [2.45, 2.75) is 13.3 Å². The number of carboxylic acids is 1. The average Bonchev–Trinajstić information content (AvgIpc) is 2.58. The molecule has 0 saturated carbocycles. The molecule has 0 bridgehead atoms. The standard InChI is InChI=1S/C19H22N2O4/c1-13(22)21(2)12-18(23)20-11-16(19(24)25)10-15-8-5-7-14-6-3-4-9-17(14)15/h3-9,16H,10-12H2,1-2H3,(H,20,23)(H,24,25). The number of amides is 2. The zero-order valence-electron chi connectivity index (χ0n) is 14.4. The number of fused-ring (bicyclic) bond motifs is 1. The van der Waals surface area contributed by atoms with Gasteiger partial charge in [-0.1, -0.05) is 42.5 Å². The van der Waals surface area contributed by atoms with Crippen LogP contribution >= 0.6 is 0 Å². The summed E-state index contributed by atoms with van der Waals surface area (Å²) < 4.78 is 0. The van der Waals surface area contributed by atoms with E-state index in [4.69, 9.17) is 0 Å². The zero-order chi connectivity index (χ0) is 18.4. The Labute approximate surface area is 146 Å². The van der Waals surface area contributed by atoms with Gasteiger partial charge < -0.3 is 15.3 Å². The summed E-state index contributed by atoms with van der Waals surface area (Å²) >= 11 is 0. The fourth-order valence-corrected chi connectivity index (χ4v) is 2.60. The summed E-state index contributed by atoms with van der Waals surface area (Å²) in [4.78, 5) is 35.8. The predicted octanol–water partition coefficient (Wildman–Crippen LogP) is 1.68. The SMILES string of the molecule is CC(=O)N(C)CC(=O)NCC(Cc1cccc2ccccc12)C(=O)O. The molecule has 0 heterocycles. The molecule has 2 rings (SSSR count). The van der Waals surface area contributed by atoms with Gasteiger partial charge in [0, 0.05) is 20.5 Å². The first-order valence-electron chi connectivity index (χ1n) is 8.06. The van der Waals surface area contributed by atoms with Gasteiger partial charge >= 0.3 is 5.97 Å². The van der Waals surface area contributed by atoms with Crippen LogP contribution in [0.25, 0.3) is 10.8 Å². The van der Waals surface area contributed by atoms with Crippen LogP contribution in [-0.2, 0) is 20.8 Å². The van der Waals surface area contributed by atoms with Crippen LogP contribution in [0.1, 0.15) is 12.5 Å². The van der Waals surface area contributed by atoms with Crippen molar-refractivity contribution in [2.75, 3.05) is 20.1 Å². The Kier molecular flexibility index (Phi) is 6.11. The molecule has 1 unspecified atom stereocenters. The number of nitrogens with one attached hydrogen (secondary N) is 1. The van der Waals surface area contributed by atoms with E-state index in [9.17, 15) is 19.5 Å². The number of carboxylic acid groups (broad SMARTS) is 1. The van der Waals surface area contributed by atoms with E-state index in [0.717, 1.165) is 16.3 Å². The largest absolute Gasteiger partial charge is 0.481 e. The minimum atomic E-state index is -0.965. The smallest absolute Gasteiger partial charge is 0.308 e. The third-order valence-electron chi connectivity index (χ3n) is 4.16. The monoisotopic (exact) mass is 342 g/mol. The van der Waals surface area contributed by atoms with Crippen LogP contribution in [0, 0.1) is 5.92 Å². The summed E-state index contributed by atoms with van der Waals surface area (Å²) in [6, 6.07) is 13.6. The number of rotatable bonds is 7. The first-order valence-corrected chi connectivity index (χ1v) is 8.06. The fourth-order valence-electron chi connectivity index (χ4n) is 2.60. The van der Waals surface area contributed by atoms with Crippen molar-refractivity contribution in [1.29, 1.82) is 0 Å². The molecule has 0 spiro atoms. The van der Waals surface area contributed by atoms with Gasteiger partial charge in [-0.3, -0.25) is 14.4 Å². The van der Waals surface area contributed by atoms with Gasteiger partial charge in [-0.05, 0) is 22.8 Å². The average molecular weight is 342 g/mol. The summed E-state index contributed by atoms with van der Waals surface area (Å²) in [5, 5.41) is 14.1. The highest BCUT2D eigenvalue weighted by Crippen LogP contribution is 2.21. The van der Waals surface area contributed by atoms with Crippen molar-refractivity contribution in [3.8, 4) is 0 Å². The second-order valence-electron chi connectivity index (χ2n) is 6.06. The summed E-state index contributed by atoms with van der Waals surface area (Å²) in [6.07, 6.45) is 0.319. The van der Waals surface area contributed by atoms with Gasteiger partial charge in [0.15, 0.2) is 0 Å². The van der Waals surface area contributed by atoms with Crippen molar-refractivity contribution in [1.82, 2.24) is 10.2 Å².